The van der Waals surface area contributed by atoms with E-state index < -0.39 is 0 Å². The molecule has 28 heavy (non-hydrogen) atoms. The highest BCUT2D eigenvalue weighted by Crippen LogP contribution is 2.24. The zero-order valence-corrected chi connectivity index (χ0v) is 16.8. The number of carbonyl (C=O) groups excluding carboxylic acids is 2. The van der Waals surface area contributed by atoms with Crippen LogP contribution in [0.4, 0.5) is 0 Å². The second-order valence-electron chi connectivity index (χ2n) is 7.52. The smallest absolute Gasteiger partial charge is 0.263 e. The maximum Gasteiger partial charge on any atom is 0.263 e. The van der Waals surface area contributed by atoms with E-state index in [1.807, 2.05) is 39.4 Å². The molecule has 5 nitrogen and oxygen atoms in total. The molecular formula is C22H26N2O3S. The quantitative estimate of drug-likeness (QED) is 0.794. The number of rotatable bonds is 4. The Kier molecular flexibility index (Phi) is 6.07. The van der Waals surface area contributed by atoms with Gasteiger partial charge in [0.1, 0.15) is 0 Å². The predicted molar refractivity (Wildman–Crippen MR) is 110 cm³/mol. The molecule has 2 aliphatic rings. The Balaban J connectivity index is 1.28. The maximum atomic E-state index is 12.5. The van der Waals surface area contributed by atoms with Gasteiger partial charge in [0.2, 0.25) is 0 Å². The van der Waals surface area contributed by atoms with Crippen LogP contribution in [0.1, 0.15) is 38.4 Å². The van der Waals surface area contributed by atoms with Crippen molar-refractivity contribution in [3.8, 4) is 0 Å². The van der Waals surface area contributed by atoms with Crippen LogP contribution in [0.25, 0.3) is 0 Å². The molecule has 0 unspecified atom stereocenters. The summed E-state index contributed by atoms with van der Waals surface area (Å²) in [6, 6.07) is 11.9. The summed E-state index contributed by atoms with van der Waals surface area (Å²) in [5.74, 6) is 0.850. The van der Waals surface area contributed by atoms with Gasteiger partial charge in [0, 0.05) is 31.7 Å². The number of nitrogens with zero attached hydrogens (tertiary/aromatic N) is 2. The van der Waals surface area contributed by atoms with Crippen LogP contribution in [0.5, 0.6) is 0 Å². The highest BCUT2D eigenvalue weighted by Gasteiger charge is 2.24. The first-order valence-corrected chi connectivity index (χ1v) is 10.9. The molecule has 0 N–H and O–H groups in total. The van der Waals surface area contributed by atoms with Crippen LogP contribution < -0.4 is 0 Å². The Morgan fingerprint density at radius 2 is 1.61 bits per heavy atom. The first-order chi connectivity index (χ1) is 13.7. The van der Waals surface area contributed by atoms with Gasteiger partial charge in [-0.1, -0.05) is 18.2 Å². The van der Waals surface area contributed by atoms with Crippen molar-refractivity contribution in [2.45, 2.75) is 19.3 Å². The zero-order valence-electron chi connectivity index (χ0n) is 16.0. The van der Waals surface area contributed by atoms with Crippen LogP contribution in [0.2, 0.25) is 0 Å². The highest BCUT2D eigenvalue weighted by molar-refractivity contribution is 7.12. The predicted octanol–water partition coefficient (Wildman–Crippen LogP) is 3.32. The third-order valence-corrected chi connectivity index (χ3v) is 6.52. The fourth-order valence-corrected chi connectivity index (χ4v) is 4.65. The van der Waals surface area contributed by atoms with E-state index in [0.29, 0.717) is 32.2 Å². The minimum atomic E-state index is 0.0928. The molecule has 2 aliphatic heterocycles. The van der Waals surface area contributed by atoms with E-state index in [4.69, 9.17) is 4.74 Å². The van der Waals surface area contributed by atoms with Crippen LogP contribution in [-0.2, 0) is 11.2 Å². The number of hydrogen-bond acceptors (Lipinski definition) is 4. The van der Waals surface area contributed by atoms with E-state index in [0.717, 1.165) is 42.8 Å². The summed E-state index contributed by atoms with van der Waals surface area (Å²) in [6.45, 7) is 4.24. The van der Waals surface area contributed by atoms with Crippen molar-refractivity contribution in [3.63, 3.8) is 0 Å². The Bertz CT molecular complexity index is 790. The van der Waals surface area contributed by atoms with E-state index in [1.54, 1.807) is 0 Å². The number of ether oxygens (including phenoxy) is 1. The van der Waals surface area contributed by atoms with Gasteiger partial charge in [-0.3, -0.25) is 9.59 Å². The number of hydrogen-bond donors (Lipinski definition) is 0. The molecule has 0 saturated carbocycles. The first-order valence-electron chi connectivity index (χ1n) is 9.99. The molecule has 1 aromatic carbocycles. The molecule has 0 radical (unpaired) electrons. The van der Waals surface area contributed by atoms with Crippen molar-refractivity contribution >= 4 is 23.2 Å². The van der Waals surface area contributed by atoms with Crippen molar-refractivity contribution < 1.29 is 14.3 Å². The Morgan fingerprint density at radius 3 is 2.25 bits per heavy atom. The number of benzene rings is 1. The summed E-state index contributed by atoms with van der Waals surface area (Å²) in [5, 5.41) is 1.95. The van der Waals surface area contributed by atoms with Crippen molar-refractivity contribution in [1.29, 1.82) is 0 Å². The second-order valence-corrected chi connectivity index (χ2v) is 8.47. The average Bonchev–Trinajstić information content (AvgIpc) is 3.29. The third-order valence-electron chi connectivity index (χ3n) is 5.66. The molecule has 1 aromatic heterocycles. The Hall–Kier alpha value is -2.18. The summed E-state index contributed by atoms with van der Waals surface area (Å²) in [5.41, 5.74) is 2.02. The Labute approximate surface area is 169 Å². The van der Waals surface area contributed by atoms with E-state index in [1.165, 1.54) is 16.9 Å². The molecule has 2 saturated heterocycles. The minimum absolute atomic E-state index is 0.0928. The number of likely N-dealkylation sites (tertiary alicyclic amines) is 1. The number of thiophene rings is 1. The van der Waals surface area contributed by atoms with Gasteiger partial charge in [-0.2, -0.15) is 0 Å². The lowest BCUT2D eigenvalue weighted by Gasteiger charge is -2.32. The summed E-state index contributed by atoms with van der Waals surface area (Å²) in [6.07, 6.45) is 3.07. The van der Waals surface area contributed by atoms with Gasteiger partial charge < -0.3 is 14.5 Å². The standard InChI is InChI=1S/C22H26N2O3S/c25-21(24-11-13-27-14-12-24)19-5-3-17(4-6-19)16-18-7-9-23(10-8-18)22(26)20-2-1-15-28-20/h1-6,15,18H,7-14,16H2. The summed E-state index contributed by atoms with van der Waals surface area (Å²) in [4.78, 5) is 29.7. The molecule has 0 bridgehead atoms. The summed E-state index contributed by atoms with van der Waals surface area (Å²) in [7, 11) is 0. The number of morpholine rings is 1. The van der Waals surface area contributed by atoms with Gasteiger partial charge >= 0.3 is 0 Å². The van der Waals surface area contributed by atoms with E-state index in [2.05, 4.69) is 12.1 Å². The maximum absolute atomic E-state index is 12.5. The molecule has 0 aliphatic carbocycles. The molecule has 4 rings (SSSR count). The number of amides is 2. The first kappa shape index (κ1) is 19.2. The van der Waals surface area contributed by atoms with E-state index >= 15 is 0 Å². The molecule has 2 amide bonds. The van der Waals surface area contributed by atoms with Crippen LogP contribution in [0.15, 0.2) is 41.8 Å². The average molecular weight is 399 g/mol. The normalized spacial score (nSPS) is 18.3. The van der Waals surface area contributed by atoms with Crippen LogP contribution >= 0.6 is 11.3 Å². The summed E-state index contributed by atoms with van der Waals surface area (Å²) < 4.78 is 5.31. The Morgan fingerprint density at radius 1 is 0.929 bits per heavy atom. The fourth-order valence-electron chi connectivity index (χ4n) is 3.96. The van der Waals surface area contributed by atoms with Crippen molar-refractivity contribution in [2.75, 3.05) is 39.4 Å². The van der Waals surface area contributed by atoms with Gasteiger partial charge in [-0.25, -0.2) is 0 Å². The monoisotopic (exact) mass is 398 g/mol. The molecule has 6 heteroatoms. The lowest BCUT2D eigenvalue weighted by atomic mass is 9.90. The number of piperidine rings is 1. The molecule has 2 fully saturated rings. The molecule has 148 valence electrons. The molecule has 0 spiro atoms. The van der Waals surface area contributed by atoms with Gasteiger partial charge in [-0.15, -0.1) is 11.3 Å². The molecular weight excluding hydrogens is 372 g/mol. The van der Waals surface area contributed by atoms with E-state index in [9.17, 15) is 9.59 Å². The zero-order chi connectivity index (χ0) is 19.3. The largest absolute Gasteiger partial charge is 0.378 e. The van der Waals surface area contributed by atoms with Gasteiger partial charge in [0.05, 0.1) is 18.1 Å². The third kappa shape index (κ3) is 4.45. The van der Waals surface area contributed by atoms with Crippen LogP contribution in [0.3, 0.4) is 0 Å². The van der Waals surface area contributed by atoms with Gasteiger partial charge in [0.25, 0.3) is 11.8 Å². The lowest BCUT2D eigenvalue weighted by Crippen LogP contribution is -2.40. The van der Waals surface area contributed by atoms with Crippen molar-refractivity contribution in [3.05, 3.63) is 57.8 Å². The lowest BCUT2D eigenvalue weighted by molar-refractivity contribution is 0.0303. The topological polar surface area (TPSA) is 49.9 Å². The minimum Gasteiger partial charge on any atom is -0.378 e. The van der Waals surface area contributed by atoms with Gasteiger partial charge in [0.15, 0.2) is 0 Å². The fraction of sp³-hybridized carbons (Fsp3) is 0.455. The highest BCUT2D eigenvalue weighted by atomic mass is 32.1. The SMILES string of the molecule is O=C(c1ccc(CC2CCN(C(=O)c3cccs3)CC2)cc1)N1CCOCC1. The van der Waals surface area contributed by atoms with Crippen molar-refractivity contribution in [1.82, 2.24) is 9.80 Å². The molecule has 3 heterocycles. The van der Waals surface area contributed by atoms with Crippen molar-refractivity contribution in [2.24, 2.45) is 5.92 Å². The van der Waals surface area contributed by atoms with Gasteiger partial charge in [-0.05, 0) is 54.3 Å². The van der Waals surface area contributed by atoms with Crippen LogP contribution in [-0.4, -0.2) is 61.0 Å². The molecule has 2 aromatic rings. The molecule has 0 atom stereocenters. The number of carbonyl (C=O) groups is 2. The summed E-state index contributed by atoms with van der Waals surface area (Å²) >= 11 is 1.51. The van der Waals surface area contributed by atoms with E-state index in [-0.39, 0.29) is 11.8 Å². The van der Waals surface area contributed by atoms with Crippen LogP contribution in [0, 0.1) is 5.92 Å². The second kappa shape index (κ2) is 8.88.